The molecule has 17 heavy (non-hydrogen) atoms. The zero-order chi connectivity index (χ0) is 11.7. The molecule has 0 radical (unpaired) electrons. The summed E-state index contributed by atoms with van der Waals surface area (Å²) in [6.07, 6.45) is 4.29. The molecule has 1 aromatic carbocycles. The van der Waals surface area contributed by atoms with Crippen molar-refractivity contribution in [3.63, 3.8) is 0 Å². The zero-order valence-corrected chi connectivity index (χ0v) is 10.8. The van der Waals surface area contributed by atoms with Gasteiger partial charge in [-0.15, -0.1) is 0 Å². The normalized spacial score (nSPS) is 25.6. The summed E-state index contributed by atoms with van der Waals surface area (Å²) in [5.41, 5.74) is 4.63. The lowest BCUT2D eigenvalue weighted by atomic mass is 9.93. The van der Waals surface area contributed by atoms with Gasteiger partial charge in [-0.1, -0.05) is 17.7 Å². The van der Waals surface area contributed by atoms with Gasteiger partial charge < -0.3 is 10.2 Å². The lowest BCUT2D eigenvalue weighted by Crippen LogP contribution is -3.16. The van der Waals surface area contributed by atoms with Crippen LogP contribution in [0.5, 0.6) is 0 Å². The molecule has 2 heteroatoms. The SMILES string of the molecule is Cc1ccc2c(c1)C[NH2+]C[C@@H]2[NH+]1CCCCC1. The summed E-state index contributed by atoms with van der Waals surface area (Å²) in [6, 6.07) is 7.82. The fourth-order valence-electron chi connectivity index (χ4n) is 3.52. The van der Waals surface area contributed by atoms with Crippen molar-refractivity contribution in [3.8, 4) is 0 Å². The van der Waals surface area contributed by atoms with Crippen molar-refractivity contribution in [1.82, 2.24) is 0 Å². The number of nitrogens with one attached hydrogen (secondary N) is 1. The first-order valence-electron chi connectivity index (χ1n) is 7.10. The van der Waals surface area contributed by atoms with Gasteiger partial charge in [-0.2, -0.15) is 0 Å². The minimum atomic E-state index is 0.750. The molecular formula is C15H24N2+2. The first-order valence-corrected chi connectivity index (χ1v) is 7.10. The van der Waals surface area contributed by atoms with E-state index in [2.05, 4.69) is 30.4 Å². The van der Waals surface area contributed by atoms with Gasteiger partial charge in [0, 0.05) is 11.1 Å². The third-order valence-electron chi connectivity index (χ3n) is 4.43. The highest BCUT2D eigenvalue weighted by Crippen LogP contribution is 2.19. The monoisotopic (exact) mass is 232 g/mol. The van der Waals surface area contributed by atoms with E-state index >= 15 is 0 Å². The van der Waals surface area contributed by atoms with Crippen LogP contribution in [0.2, 0.25) is 0 Å². The van der Waals surface area contributed by atoms with Crippen LogP contribution in [0.1, 0.15) is 42.0 Å². The lowest BCUT2D eigenvalue weighted by molar-refractivity contribution is -0.952. The van der Waals surface area contributed by atoms with Crippen molar-refractivity contribution < 1.29 is 10.2 Å². The van der Waals surface area contributed by atoms with E-state index in [0.29, 0.717) is 0 Å². The summed E-state index contributed by atoms with van der Waals surface area (Å²) in [5, 5.41) is 2.49. The topological polar surface area (TPSA) is 21.1 Å². The van der Waals surface area contributed by atoms with Gasteiger partial charge in [0.1, 0.15) is 13.1 Å². The molecule has 0 aliphatic carbocycles. The van der Waals surface area contributed by atoms with E-state index in [4.69, 9.17) is 0 Å². The number of likely N-dealkylation sites (tertiary alicyclic amines) is 1. The molecule has 2 heterocycles. The molecule has 0 spiro atoms. The number of hydrogen-bond acceptors (Lipinski definition) is 0. The Morgan fingerprint density at radius 1 is 1.18 bits per heavy atom. The van der Waals surface area contributed by atoms with Crippen LogP contribution in [-0.4, -0.2) is 19.6 Å². The minimum absolute atomic E-state index is 0.750. The highest BCUT2D eigenvalue weighted by atomic mass is 15.2. The van der Waals surface area contributed by atoms with E-state index in [0.717, 1.165) is 6.04 Å². The quantitative estimate of drug-likeness (QED) is 0.689. The van der Waals surface area contributed by atoms with Crippen molar-refractivity contribution >= 4 is 0 Å². The van der Waals surface area contributed by atoms with E-state index in [1.165, 1.54) is 51.0 Å². The molecule has 1 saturated heterocycles. The number of aryl methyl sites for hydroxylation is 1. The van der Waals surface area contributed by atoms with Crippen molar-refractivity contribution in [2.24, 2.45) is 0 Å². The van der Waals surface area contributed by atoms with E-state index in [1.54, 1.807) is 11.1 Å². The molecule has 1 atom stereocenters. The minimum Gasteiger partial charge on any atom is -0.337 e. The summed E-state index contributed by atoms with van der Waals surface area (Å²) in [6.45, 7) is 7.43. The zero-order valence-electron chi connectivity index (χ0n) is 10.8. The maximum Gasteiger partial charge on any atom is 0.163 e. The van der Waals surface area contributed by atoms with Crippen LogP contribution in [0.4, 0.5) is 0 Å². The van der Waals surface area contributed by atoms with Gasteiger partial charge >= 0.3 is 0 Å². The summed E-state index contributed by atoms with van der Waals surface area (Å²) in [4.78, 5) is 1.83. The van der Waals surface area contributed by atoms with Gasteiger partial charge in [0.15, 0.2) is 6.04 Å². The second-order valence-corrected chi connectivity index (χ2v) is 5.70. The fraction of sp³-hybridized carbons (Fsp3) is 0.600. The van der Waals surface area contributed by atoms with Crippen LogP contribution in [0.25, 0.3) is 0 Å². The number of hydrogen-bond donors (Lipinski definition) is 2. The molecule has 1 fully saturated rings. The van der Waals surface area contributed by atoms with E-state index in [9.17, 15) is 0 Å². The van der Waals surface area contributed by atoms with E-state index in [1.807, 2.05) is 4.90 Å². The third-order valence-corrected chi connectivity index (χ3v) is 4.43. The number of nitrogens with two attached hydrogens (primary N) is 1. The van der Waals surface area contributed by atoms with Crippen molar-refractivity contribution in [1.29, 1.82) is 0 Å². The Labute approximate surface area is 104 Å². The van der Waals surface area contributed by atoms with Crippen molar-refractivity contribution in [2.45, 2.75) is 38.8 Å². The Balaban J connectivity index is 1.88. The molecule has 2 aliphatic heterocycles. The molecule has 0 unspecified atom stereocenters. The Hall–Kier alpha value is -0.860. The summed E-state index contributed by atoms with van der Waals surface area (Å²) in [7, 11) is 0. The average molecular weight is 232 g/mol. The molecule has 0 bridgehead atoms. The Kier molecular flexibility index (Phi) is 3.17. The number of rotatable bonds is 1. The molecule has 3 N–H and O–H groups in total. The third kappa shape index (κ3) is 2.24. The molecule has 3 rings (SSSR count). The van der Waals surface area contributed by atoms with Gasteiger partial charge in [0.25, 0.3) is 0 Å². The fourth-order valence-corrected chi connectivity index (χ4v) is 3.52. The van der Waals surface area contributed by atoms with Gasteiger partial charge in [-0.05, 0) is 32.3 Å². The smallest absolute Gasteiger partial charge is 0.163 e. The Bertz CT molecular complexity index is 394. The van der Waals surface area contributed by atoms with E-state index < -0.39 is 0 Å². The number of piperidine rings is 1. The van der Waals surface area contributed by atoms with Crippen molar-refractivity contribution in [3.05, 3.63) is 34.9 Å². The molecule has 0 aromatic heterocycles. The van der Waals surface area contributed by atoms with Crippen LogP contribution in [0.3, 0.4) is 0 Å². The molecule has 0 amide bonds. The highest BCUT2D eigenvalue weighted by Gasteiger charge is 2.32. The van der Waals surface area contributed by atoms with Crippen LogP contribution in [0, 0.1) is 6.92 Å². The molecule has 0 saturated carbocycles. The first-order chi connectivity index (χ1) is 8.34. The molecule has 92 valence electrons. The van der Waals surface area contributed by atoms with E-state index in [-0.39, 0.29) is 0 Å². The average Bonchev–Trinajstić information content (AvgIpc) is 2.39. The molecule has 2 aliphatic rings. The Morgan fingerprint density at radius 3 is 2.82 bits per heavy atom. The van der Waals surface area contributed by atoms with Gasteiger partial charge in [-0.25, -0.2) is 0 Å². The predicted molar refractivity (Wildman–Crippen MR) is 69.0 cm³/mol. The van der Waals surface area contributed by atoms with Gasteiger partial charge in [-0.3, -0.25) is 0 Å². The summed E-state index contributed by atoms with van der Waals surface area (Å²) >= 11 is 0. The molecule has 2 nitrogen and oxygen atoms in total. The predicted octanol–water partition coefficient (Wildman–Crippen LogP) is 0.182. The standard InChI is InChI=1S/C15H22N2/c1-12-5-6-14-13(9-12)10-16-11-15(14)17-7-3-2-4-8-17/h5-6,9,15-16H,2-4,7-8,10-11H2,1H3/p+2/t15-/m0/s1. The number of quaternary nitrogens is 2. The van der Waals surface area contributed by atoms with Crippen LogP contribution < -0.4 is 10.2 Å². The number of benzene rings is 1. The highest BCUT2D eigenvalue weighted by molar-refractivity contribution is 5.33. The maximum absolute atomic E-state index is 2.49. The second kappa shape index (κ2) is 4.79. The summed E-state index contributed by atoms with van der Waals surface area (Å²) in [5.74, 6) is 0. The van der Waals surface area contributed by atoms with Crippen LogP contribution >= 0.6 is 0 Å². The maximum atomic E-state index is 2.49. The Morgan fingerprint density at radius 2 is 2.00 bits per heavy atom. The van der Waals surface area contributed by atoms with Crippen LogP contribution in [0.15, 0.2) is 18.2 Å². The molecular weight excluding hydrogens is 208 g/mol. The van der Waals surface area contributed by atoms with Crippen molar-refractivity contribution in [2.75, 3.05) is 19.6 Å². The lowest BCUT2D eigenvalue weighted by Gasteiger charge is -2.33. The summed E-state index contributed by atoms with van der Waals surface area (Å²) < 4.78 is 0. The molecule has 1 aromatic rings. The largest absolute Gasteiger partial charge is 0.337 e. The first kappa shape index (κ1) is 11.2. The van der Waals surface area contributed by atoms with Gasteiger partial charge in [0.2, 0.25) is 0 Å². The number of fused-ring (bicyclic) bond motifs is 1. The second-order valence-electron chi connectivity index (χ2n) is 5.70. The van der Waals surface area contributed by atoms with Gasteiger partial charge in [0.05, 0.1) is 13.1 Å². The van der Waals surface area contributed by atoms with Crippen LogP contribution in [-0.2, 0) is 6.54 Å².